The lowest BCUT2D eigenvalue weighted by Gasteiger charge is -2.34. The van der Waals surface area contributed by atoms with Crippen LogP contribution in [0.25, 0.3) is 0 Å². The Morgan fingerprint density at radius 2 is 1.48 bits per heavy atom. The number of carbonyl (C=O) groups is 1. The molecule has 0 atom stereocenters. The van der Waals surface area contributed by atoms with E-state index in [0.717, 1.165) is 37.8 Å². The summed E-state index contributed by atoms with van der Waals surface area (Å²) in [5.74, 6) is 2.13. The summed E-state index contributed by atoms with van der Waals surface area (Å²) in [4.78, 5) is 18.7. The summed E-state index contributed by atoms with van der Waals surface area (Å²) in [6, 6.07) is 7.51. The third-order valence-electron chi connectivity index (χ3n) is 4.74. The first-order chi connectivity index (χ1) is 12.2. The number of hydrogen-bond acceptors (Lipinski definition) is 6. The van der Waals surface area contributed by atoms with Crippen molar-refractivity contribution >= 4 is 33.5 Å². The van der Waals surface area contributed by atoms with Gasteiger partial charge in [-0.3, -0.25) is 4.79 Å². The maximum Gasteiger partial charge on any atom is 0.289 e. The Morgan fingerprint density at radius 3 is 2.00 bits per heavy atom. The number of rotatable bonds is 3. The summed E-state index contributed by atoms with van der Waals surface area (Å²) in [6.45, 7) is 4.91. The Labute approximate surface area is 154 Å². The van der Waals surface area contributed by atoms with Crippen LogP contribution in [0.3, 0.4) is 0 Å². The average Bonchev–Trinajstić information content (AvgIpc) is 3.33. The van der Waals surface area contributed by atoms with Gasteiger partial charge >= 0.3 is 0 Å². The number of carbonyl (C=O) groups excluding carboxylic acids is 1. The van der Waals surface area contributed by atoms with E-state index in [1.807, 2.05) is 17.0 Å². The van der Waals surface area contributed by atoms with Gasteiger partial charge in [0.15, 0.2) is 22.1 Å². The quantitative estimate of drug-likeness (QED) is 0.780. The fraction of sp³-hybridized carbons (Fsp3) is 0.471. The second-order valence-corrected chi connectivity index (χ2v) is 7.11. The van der Waals surface area contributed by atoms with Crippen LogP contribution in [0.2, 0.25) is 0 Å². The first-order valence-corrected chi connectivity index (χ1v) is 9.38. The Balaban J connectivity index is 1.36. The minimum Gasteiger partial charge on any atom is -0.444 e. The van der Waals surface area contributed by atoms with Crippen molar-refractivity contribution in [2.75, 3.05) is 49.1 Å². The summed E-state index contributed by atoms with van der Waals surface area (Å²) in [5.41, 5.74) is 0. The zero-order valence-electron chi connectivity index (χ0n) is 13.9. The van der Waals surface area contributed by atoms with Crippen LogP contribution >= 0.6 is 15.9 Å². The normalized spacial score (nSPS) is 18.0. The smallest absolute Gasteiger partial charge is 0.289 e. The molecule has 0 saturated carbocycles. The van der Waals surface area contributed by atoms with Crippen LogP contribution < -0.4 is 9.80 Å². The Morgan fingerprint density at radius 1 is 0.880 bits per heavy atom. The Kier molecular flexibility index (Phi) is 4.61. The minimum atomic E-state index is -0.0687. The van der Waals surface area contributed by atoms with Gasteiger partial charge in [0.1, 0.15) is 0 Å². The fourth-order valence-corrected chi connectivity index (χ4v) is 3.63. The maximum atomic E-state index is 12.4. The van der Waals surface area contributed by atoms with E-state index in [-0.39, 0.29) is 5.91 Å². The molecule has 2 aromatic rings. The van der Waals surface area contributed by atoms with E-state index in [4.69, 9.17) is 4.42 Å². The van der Waals surface area contributed by atoms with E-state index < -0.39 is 0 Å². The van der Waals surface area contributed by atoms with Gasteiger partial charge in [-0.25, -0.2) is 0 Å². The molecular weight excluding hydrogens is 386 g/mol. The van der Waals surface area contributed by atoms with Crippen LogP contribution in [0.4, 0.5) is 11.6 Å². The number of nitrogens with zero attached hydrogens (tertiary/aromatic N) is 5. The second-order valence-electron chi connectivity index (χ2n) is 6.33. The molecule has 0 spiro atoms. The van der Waals surface area contributed by atoms with Gasteiger partial charge in [0, 0.05) is 39.3 Å². The topological polar surface area (TPSA) is 65.7 Å². The molecule has 7 nitrogen and oxygen atoms in total. The van der Waals surface area contributed by atoms with Crippen LogP contribution in [-0.2, 0) is 0 Å². The number of piperazine rings is 1. The van der Waals surface area contributed by atoms with Crippen LogP contribution in [-0.4, -0.2) is 60.3 Å². The van der Waals surface area contributed by atoms with Gasteiger partial charge < -0.3 is 19.1 Å². The number of anilines is 2. The van der Waals surface area contributed by atoms with Crippen molar-refractivity contribution < 1.29 is 9.21 Å². The van der Waals surface area contributed by atoms with Crippen molar-refractivity contribution in [3.8, 4) is 0 Å². The highest BCUT2D eigenvalue weighted by atomic mass is 79.9. The molecule has 25 heavy (non-hydrogen) atoms. The first-order valence-electron chi connectivity index (χ1n) is 8.59. The van der Waals surface area contributed by atoms with Crippen molar-refractivity contribution in [1.29, 1.82) is 0 Å². The molecule has 4 heterocycles. The monoisotopic (exact) mass is 405 g/mol. The minimum absolute atomic E-state index is 0.0687. The van der Waals surface area contributed by atoms with Crippen molar-refractivity contribution in [2.24, 2.45) is 0 Å². The maximum absolute atomic E-state index is 12.4. The molecule has 132 valence electrons. The molecule has 1 amide bonds. The van der Waals surface area contributed by atoms with Crippen molar-refractivity contribution in [3.05, 3.63) is 34.7 Å². The first kappa shape index (κ1) is 16.4. The van der Waals surface area contributed by atoms with Crippen LogP contribution in [0.5, 0.6) is 0 Å². The molecule has 2 saturated heterocycles. The highest BCUT2D eigenvalue weighted by Crippen LogP contribution is 2.21. The lowest BCUT2D eigenvalue weighted by atomic mass is 10.3. The predicted molar refractivity (Wildman–Crippen MR) is 98.0 cm³/mol. The number of amides is 1. The zero-order valence-corrected chi connectivity index (χ0v) is 15.5. The van der Waals surface area contributed by atoms with Gasteiger partial charge in [-0.2, -0.15) is 0 Å². The van der Waals surface area contributed by atoms with Gasteiger partial charge in [0.2, 0.25) is 0 Å². The number of furan rings is 1. The molecule has 0 radical (unpaired) electrons. The van der Waals surface area contributed by atoms with Crippen LogP contribution in [0.15, 0.2) is 33.4 Å². The molecule has 2 aliphatic heterocycles. The molecular formula is C17H20BrN5O2. The van der Waals surface area contributed by atoms with Crippen LogP contribution in [0.1, 0.15) is 23.4 Å². The SMILES string of the molecule is O=C(c1ccc(Br)o1)N1CCN(c2ccc(N3CCCC3)nn2)CC1. The fourth-order valence-electron chi connectivity index (χ4n) is 3.33. The second kappa shape index (κ2) is 7.03. The third-order valence-corrected chi connectivity index (χ3v) is 5.17. The van der Waals surface area contributed by atoms with E-state index in [9.17, 15) is 4.79 Å². The molecule has 2 aromatic heterocycles. The van der Waals surface area contributed by atoms with Crippen molar-refractivity contribution in [2.45, 2.75) is 12.8 Å². The molecule has 0 bridgehead atoms. The summed E-state index contributed by atoms with van der Waals surface area (Å²) in [6.07, 6.45) is 2.46. The van der Waals surface area contributed by atoms with E-state index in [1.54, 1.807) is 12.1 Å². The van der Waals surface area contributed by atoms with Crippen LogP contribution in [0, 0.1) is 0 Å². The van der Waals surface area contributed by atoms with Crippen molar-refractivity contribution in [1.82, 2.24) is 15.1 Å². The van der Waals surface area contributed by atoms with Gasteiger partial charge in [0.25, 0.3) is 5.91 Å². The zero-order chi connectivity index (χ0) is 17.2. The highest BCUT2D eigenvalue weighted by Gasteiger charge is 2.25. The molecule has 0 aromatic carbocycles. The molecule has 0 unspecified atom stereocenters. The molecule has 2 aliphatic rings. The van der Waals surface area contributed by atoms with E-state index in [1.165, 1.54) is 12.8 Å². The van der Waals surface area contributed by atoms with Gasteiger partial charge in [-0.05, 0) is 53.0 Å². The molecule has 8 heteroatoms. The Hall–Kier alpha value is -2.09. The summed E-state index contributed by atoms with van der Waals surface area (Å²) in [7, 11) is 0. The average molecular weight is 406 g/mol. The van der Waals surface area contributed by atoms with E-state index in [0.29, 0.717) is 23.5 Å². The Bertz CT molecular complexity index is 734. The van der Waals surface area contributed by atoms with E-state index in [2.05, 4.69) is 35.9 Å². The summed E-state index contributed by atoms with van der Waals surface area (Å²) >= 11 is 3.23. The lowest BCUT2D eigenvalue weighted by Crippen LogP contribution is -2.49. The summed E-state index contributed by atoms with van der Waals surface area (Å²) < 4.78 is 5.93. The van der Waals surface area contributed by atoms with Crippen molar-refractivity contribution in [3.63, 3.8) is 0 Å². The third kappa shape index (κ3) is 3.49. The van der Waals surface area contributed by atoms with Gasteiger partial charge in [-0.15, -0.1) is 10.2 Å². The molecule has 0 N–H and O–H groups in total. The van der Waals surface area contributed by atoms with Gasteiger partial charge in [-0.1, -0.05) is 0 Å². The molecule has 4 rings (SSSR count). The standard InChI is InChI=1S/C17H20BrN5O2/c18-14-4-3-13(25-14)17(24)23-11-9-22(10-12-23)16-6-5-15(19-20-16)21-7-1-2-8-21/h3-6H,1-2,7-12H2. The van der Waals surface area contributed by atoms with E-state index >= 15 is 0 Å². The van der Waals surface area contributed by atoms with Gasteiger partial charge in [0.05, 0.1) is 0 Å². The molecule has 0 aliphatic carbocycles. The highest BCUT2D eigenvalue weighted by molar-refractivity contribution is 9.10. The lowest BCUT2D eigenvalue weighted by molar-refractivity contribution is 0.0713. The number of aromatic nitrogens is 2. The molecule has 2 fully saturated rings. The number of hydrogen-bond donors (Lipinski definition) is 0. The largest absolute Gasteiger partial charge is 0.444 e. The predicted octanol–water partition coefficient (Wildman–Crippen LogP) is 2.39. The summed E-state index contributed by atoms with van der Waals surface area (Å²) in [5, 5.41) is 8.76. The number of halogens is 1.